The highest BCUT2D eigenvalue weighted by Crippen LogP contribution is 2.16. The van der Waals surface area contributed by atoms with Crippen molar-refractivity contribution < 1.29 is 5.11 Å². The number of benzene rings is 1. The summed E-state index contributed by atoms with van der Waals surface area (Å²) in [4.78, 5) is 15.1. The van der Waals surface area contributed by atoms with Crippen molar-refractivity contribution in [2.24, 2.45) is 0 Å². The molecule has 4 heteroatoms. The van der Waals surface area contributed by atoms with Gasteiger partial charge in [-0.3, -0.25) is 4.79 Å². The van der Waals surface area contributed by atoms with E-state index in [9.17, 15) is 9.90 Å². The van der Waals surface area contributed by atoms with E-state index in [4.69, 9.17) is 0 Å². The Bertz CT molecular complexity index is 830. The largest absolute Gasteiger partial charge is 0.390 e. The van der Waals surface area contributed by atoms with Gasteiger partial charge in [0.15, 0.2) is 0 Å². The molecule has 0 unspecified atom stereocenters. The van der Waals surface area contributed by atoms with E-state index in [-0.39, 0.29) is 12.2 Å². The topological polar surface area (TPSA) is 58.0 Å². The molecular formula is C17H18N2O2. The molecule has 0 saturated carbocycles. The SMILES string of the molecule is Cc1cccc2c(=O)[nH]c(CCn3cccc3CO)cc12. The first-order valence-electron chi connectivity index (χ1n) is 7.05. The van der Waals surface area contributed by atoms with Crippen molar-refractivity contribution in [2.45, 2.75) is 26.5 Å². The number of rotatable bonds is 4. The molecular weight excluding hydrogens is 264 g/mol. The zero-order valence-corrected chi connectivity index (χ0v) is 12.0. The fraction of sp³-hybridized carbons (Fsp3) is 0.235. The minimum absolute atomic E-state index is 0.0281. The Morgan fingerprint density at radius 3 is 2.86 bits per heavy atom. The molecule has 0 bridgehead atoms. The van der Waals surface area contributed by atoms with Gasteiger partial charge in [-0.05, 0) is 42.1 Å². The van der Waals surface area contributed by atoms with Crippen LogP contribution >= 0.6 is 0 Å². The van der Waals surface area contributed by atoms with Crippen LogP contribution in [0.4, 0.5) is 0 Å². The summed E-state index contributed by atoms with van der Waals surface area (Å²) in [5.41, 5.74) is 2.87. The van der Waals surface area contributed by atoms with Crippen LogP contribution in [0.3, 0.4) is 0 Å². The lowest BCUT2D eigenvalue weighted by molar-refractivity contribution is 0.270. The molecule has 4 nitrogen and oxygen atoms in total. The van der Waals surface area contributed by atoms with Crippen molar-refractivity contribution in [1.29, 1.82) is 0 Å². The van der Waals surface area contributed by atoms with Crippen LogP contribution in [0.5, 0.6) is 0 Å². The maximum atomic E-state index is 12.1. The van der Waals surface area contributed by atoms with Crippen LogP contribution in [0.1, 0.15) is 17.0 Å². The maximum Gasteiger partial charge on any atom is 0.256 e. The second-order valence-corrected chi connectivity index (χ2v) is 5.26. The third kappa shape index (κ3) is 2.62. The van der Waals surface area contributed by atoms with Gasteiger partial charge in [0.1, 0.15) is 0 Å². The molecule has 0 saturated heterocycles. The second kappa shape index (κ2) is 5.58. The molecule has 108 valence electrons. The summed E-state index contributed by atoms with van der Waals surface area (Å²) in [5, 5.41) is 11.0. The van der Waals surface area contributed by atoms with Gasteiger partial charge in [0, 0.05) is 35.9 Å². The molecule has 0 atom stereocenters. The fourth-order valence-corrected chi connectivity index (χ4v) is 2.68. The quantitative estimate of drug-likeness (QED) is 0.772. The van der Waals surface area contributed by atoms with Crippen LogP contribution in [0, 0.1) is 6.92 Å². The van der Waals surface area contributed by atoms with Crippen LogP contribution in [-0.2, 0) is 19.6 Å². The van der Waals surface area contributed by atoms with Gasteiger partial charge < -0.3 is 14.7 Å². The van der Waals surface area contributed by atoms with E-state index >= 15 is 0 Å². The Balaban J connectivity index is 1.91. The molecule has 0 fully saturated rings. The summed E-state index contributed by atoms with van der Waals surface area (Å²) in [6, 6.07) is 11.6. The molecule has 0 aliphatic rings. The van der Waals surface area contributed by atoms with E-state index < -0.39 is 0 Å². The molecule has 0 aliphatic heterocycles. The standard InChI is InChI=1S/C17H18N2O2/c1-12-4-2-6-15-16(12)10-13(18-17(15)21)7-9-19-8-3-5-14(19)11-20/h2-6,8,10,20H,7,9,11H2,1H3,(H,18,21). The average molecular weight is 282 g/mol. The van der Waals surface area contributed by atoms with Crippen LogP contribution in [-0.4, -0.2) is 14.7 Å². The van der Waals surface area contributed by atoms with E-state index in [0.29, 0.717) is 0 Å². The predicted molar refractivity (Wildman–Crippen MR) is 83.4 cm³/mol. The van der Waals surface area contributed by atoms with Crippen LogP contribution < -0.4 is 5.56 Å². The zero-order valence-electron chi connectivity index (χ0n) is 12.0. The summed E-state index contributed by atoms with van der Waals surface area (Å²) in [5.74, 6) is 0. The van der Waals surface area contributed by atoms with E-state index in [2.05, 4.69) is 4.98 Å². The predicted octanol–water partition coefficient (Wildman–Crippen LogP) is 2.37. The van der Waals surface area contributed by atoms with Crippen LogP contribution in [0.25, 0.3) is 10.8 Å². The van der Waals surface area contributed by atoms with Gasteiger partial charge in [-0.25, -0.2) is 0 Å². The molecule has 2 N–H and O–H groups in total. The summed E-state index contributed by atoms with van der Waals surface area (Å²) in [6.07, 6.45) is 2.66. The molecule has 0 spiro atoms. The Morgan fingerprint density at radius 1 is 1.19 bits per heavy atom. The van der Waals surface area contributed by atoms with E-state index in [1.54, 1.807) is 0 Å². The van der Waals surface area contributed by atoms with Crippen molar-refractivity contribution in [3.05, 3.63) is 69.9 Å². The van der Waals surface area contributed by atoms with Gasteiger partial charge in [-0.1, -0.05) is 12.1 Å². The minimum Gasteiger partial charge on any atom is -0.390 e. The normalized spacial score (nSPS) is 11.1. The number of fused-ring (bicyclic) bond motifs is 1. The molecule has 3 rings (SSSR count). The molecule has 1 aromatic carbocycles. The molecule has 0 amide bonds. The number of aliphatic hydroxyl groups excluding tert-OH is 1. The lowest BCUT2D eigenvalue weighted by Crippen LogP contribution is -2.12. The second-order valence-electron chi connectivity index (χ2n) is 5.26. The van der Waals surface area contributed by atoms with E-state index in [1.165, 1.54) is 0 Å². The number of nitrogens with zero attached hydrogens (tertiary/aromatic N) is 1. The number of pyridine rings is 1. The Morgan fingerprint density at radius 2 is 2.05 bits per heavy atom. The minimum atomic E-state index is -0.0407. The number of hydrogen-bond acceptors (Lipinski definition) is 2. The van der Waals surface area contributed by atoms with Gasteiger partial charge in [0.2, 0.25) is 0 Å². The van der Waals surface area contributed by atoms with Gasteiger partial charge in [-0.2, -0.15) is 0 Å². The number of aromatic nitrogens is 2. The molecule has 21 heavy (non-hydrogen) atoms. The number of nitrogens with one attached hydrogen (secondary N) is 1. The smallest absolute Gasteiger partial charge is 0.256 e. The number of aryl methyl sites for hydroxylation is 3. The zero-order chi connectivity index (χ0) is 14.8. The van der Waals surface area contributed by atoms with Crippen molar-refractivity contribution in [2.75, 3.05) is 0 Å². The van der Waals surface area contributed by atoms with Crippen molar-refractivity contribution >= 4 is 10.8 Å². The van der Waals surface area contributed by atoms with Crippen molar-refractivity contribution in [3.8, 4) is 0 Å². The molecule has 2 heterocycles. The van der Waals surface area contributed by atoms with Crippen LogP contribution in [0.15, 0.2) is 47.4 Å². The van der Waals surface area contributed by atoms with Gasteiger partial charge in [0.25, 0.3) is 5.56 Å². The third-order valence-electron chi connectivity index (χ3n) is 3.87. The highest BCUT2D eigenvalue weighted by Gasteiger charge is 2.05. The monoisotopic (exact) mass is 282 g/mol. The highest BCUT2D eigenvalue weighted by molar-refractivity contribution is 5.84. The maximum absolute atomic E-state index is 12.1. The average Bonchev–Trinajstić information content (AvgIpc) is 2.94. The summed E-state index contributed by atoms with van der Waals surface area (Å²) < 4.78 is 2.00. The molecule has 3 aromatic rings. The Labute approximate surface area is 122 Å². The van der Waals surface area contributed by atoms with E-state index in [0.717, 1.165) is 40.7 Å². The Hall–Kier alpha value is -2.33. The lowest BCUT2D eigenvalue weighted by atomic mass is 10.1. The fourth-order valence-electron chi connectivity index (χ4n) is 2.68. The number of hydrogen-bond donors (Lipinski definition) is 2. The van der Waals surface area contributed by atoms with Gasteiger partial charge in [0.05, 0.1) is 6.61 Å². The molecule has 0 aliphatic carbocycles. The van der Waals surface area contributed by atoms with Crippen LogP contribution in [0.2, 0.25) is 0 Å². The van der Waals surface area contributed by atoms with Gasteiger partial charge in [-0.15, -0.1) is 0 Å². The first-order chi connectivity index (χ1) is 10.2. The van der Waals surface area contributed by atoms with Gasteiger partial charge >= 0.3 is 0 Å². The summed E-state index contributed by atoms with van der Waals surface area (Å²) >= 11 is 0. The third-order valence-corrected chi connectivity index (χ3v) is 3.87. The summed E-state index contributed by atoms with van der Waals surface area (Å²) in [6.45, 7) is 2.78. The first-order valence-corrected chi connectivity index (χ1v) is 7.05. The summed E-state index contributed by atoms with van der Waals surface area (Å²) in [7, 11) is 0. The first kappa shape index (κ1) is 13.6. The van der Waals surface area contributed by atoms with Crippen molar-refractivity contribution in [3.63, 3.8) is 0 Å². The molecule has 2 aromatic heterocycles. The lowest BCUT2D eigenvalue weighted by Gasteiger charge is -2.09. The number of H-pyrrole nitrogens is 1. The Kier molecular flexibility index (Phi) is 3.62. The van der Waals surface area contributed by atoms with E-state index in [1.807, 2.05) is 54.1 Å². The number of aromatic amines is 1. The molecule has 0 radical (unpaired) electrons. The number of aliphatic hydroxyl groups is 1. The van der Waals surface area contributed by atoms with Crippen molar-refractivity contribution in [1.82, 2.24) is 9.55 Å². The highest BCUT2D eigenvalue weighted by atomic mass is 16.3.